The lowest BCUT2D eigenvalue weighted by molar-refractivity contribution is 0.0319. The van der Waals surface area contributed by atoms with Gasteiger partial charge in [-0.3, -0.25) is 0 Å². The number of thioether (sulfide) groups is 1. The highest BCUT2D eigenvalue weighted by molar-refractivity contribution is 9.10. The molecule has 1 heterocycles. The number of hydrogen-bond acceptors (Lipinski definition) is 4. The quantitative estimate of drug-likeness (QED) is 0.793. The maximum Gasteiger partial charge on any atom is 0.134 e. The summed E-state index contributed by atoms with van der Waals surface area (Å²) in [6.45, 7) is 1.15. The molecule has 0 atom stereocenters. The van der Waals surface area contributed by atoms with Crippen molar-refractivity contribution >= 4 is 27.7 Å². The van der Waals surface area contributed by atoms with Crippen LogP contribution in [-0.4, -0.2) is 33.9 Å². The van der Waals surface area contributed by atoms with Crippen LogP contribution in [0.4, 0.5) is 0 Å². The highest BCUT2D eigenvalue weighted by Crippen LogP contribution is 2.28. The number of rotatable bonds is 4. The zero-order valence-corrected chi connectivity index (χ0v) is 12.6. The van der Waals surface area contributed by atoms with E-state index < -0.39 is 5.60 Å². The first kappa shape index (κ1) is 14.2. The molecule has 2 rings (SSSR count). The van der Waals surface area contributed by atoms with Crippen molar-refractivity contribution in [3.63, 3.8) is 0 Å². The third kappa shape index (κ3) is 3.63. The molecule has 5 heteroatoms. The Balaban J connectivity index is 1.86. The summed E-state index contributed by atoms with van der Waals surface area (Å²) in [7, 11) is 0. The smallest absolute Gasteiger partial charge is 0.134 e. The van der Waals surface area contributed by atoms with Crippen LogP contribution in [0.5, 0.6) is 5.75 Å². The molecule has 1 aliphatic rings. The third-order valence-electron chi connectivity index (χ3n) is 3.26. The minimum absolute atomic E-state index is 0.274. The molecule has 0 unspecified atom stereocenters. The second-order valence-corrected chi connectivity index (χ2v) is 6.77. The molecule has 1 aliphatic heterocycles. The average Bonchev–Trinajstić information content (AvgIpc) is 2.35. The minimum atomic E-state index is -0.577. The summed E-state index contributed by atoms with van der Waals surface area (Å²) in [4.78, 5) is 0. The molecule has 1 fully saturated rings. The molecule has 0 aliphatic carbocycles. The van der Waals surface area contributed by atoms with E-state index >= 15 is 0 Å². The summed E-state index contributed by atoms with van der Waals surface area (Å²) in [5.74, 6) is 2.33. The molecule has 1 aromatic carbocycles. The lowest BCUT2D eigenvalue weighted by Gasteiger charge is -2.32. The van der Waals surface area contributed by atoms with Gasteiger partial charge >= 0.3 is 0 Å². The maximum absolute atomic E-state index is 10.3. The first-order valence-corrected chi connectivity index (χ1v) is 8.03. The van der Waals surface area contributed by atoms with Crippen LogP contribution in [0.3, 0.4) is 0 Å². The Morgan fingerprint density at radius 1 is 1.33 bits per heavy atom. The molecule has 3 nitrogen and oxygen atoms in total. The first-order chi connectivity index (χ1) is 8.61. The van der Waals surface area contributed by atoms with Crippen molar-refractivity contribution in [3.05, 3.63) is 28.2 Å². The number of phenols is 1. The fourth-order valence-corrected chi connectivity index (χ4v) is 3.72. The Hall–Kier alpha value is -0.230. The second kappa shape index (κ2) is 6.28. The summed E-state index contributed by atoms with van der Waals surface area (Å²) in [5.41, 5.74) is 0.269. The van der Waals surface area contributed by atoms with E-state index in [2.05, 4.69) is 21.2 Å². The van der Waals surface area contributed by atoms with E-state index in [4.69, 9.17) is 0 Å². The van der Waals surface area contributed by atoms with Crippen LogP contribution in [0.2, 0.25) is 0 Å². The van der Waals surface area contributed by atoms with Crippen LogP contribution in [0, 0.1) is 0 Å². The highest BCUT2D eigenvalue weighted by atomic mass is 79.9. The van der Waals surface area contributed by atoms with Crippen molar-refractivity contribution in [1.82, 2.24) is 5.32 Å². The van der Waals surface area contributed by atoms with E-state index in [0.717, 1.165) is 29.9 Å². The topological polar surface area (TPSA) is 52.5 Å². The summed E-state index contributed by atoms with van der Waals surface area (Å²) in [5, 5.41) is 23.4. The van der Waals surface area contributed by atoms with Gasteiger partial charge in [-0.05, 0) is 46.3 Å². The molecular weight excluding hydrogens is 314 g/mol. The van der Waals surface area contributed by atoms with Gasteiger partial charge in [-0.2, -0.15) is 11.8 Å². The van der Waals surface area contributed by atoms with Crippen molar-refractivity contribution in [1.29, 1.82) is 0 Å². The van der Waals surface area contributed by atoms with Crippen LogP contribution in [0.1, 0.15) is 18.4 Å². The fourth-order valence-electron chi connectivity index (χ4n) is 2.06. The zero-order chi connectivity index (χ0) is 13.0. The van der Waals surface area contributed by atoms with Crippen molar-refractivity contribution < 1.29 is 10.2 Å². The number of hydrogen-bond donors (Lipinski definition) is 3. The standard InChI is InChI=1S/C13H18BrNO2S/c14-11-3-1-2-10(12(11)16)8-15-9-13(17)4-6-18-7-5-13/h1-3,15-17H,4-9H2. The Morgan fingerprint density at radius 3 is 2.78 bits per heavy atom. The number of benzene rings is 1. The number of aromatic hydroxyl groups is 1. The Kier molecular flexibility index (Phi) is 4.95. The first-order valence-electron chi connectivity index (χ1n) is 6.08. The van der Waals surface area contributed by atoms with Gasteiger partial charge in [0.1, 0.15) is 5.75 Å². The number of nitrogens with one attached hydrogen (secondary N) is 1. The fraction of sp³-hybridized carbons (Fsp3) is 0.538. The number of phenolic OH excluding ortho intramolecular Hbond substituents is 1. The van der Waals surface area contributed by atoms with Gasteiger partial charge in [-0.25, -0.2) is 0 Å². The summed E-state index contributed by atoms with van der Waals surface area (Å²) in [6, 6.07) is 5.59. The zero-order valence-electron chi connectivity index (χ0n) is 10.2. The highest BCUT2D eigenvalue weighted by Gasteiger charge is 2.28. The second-order valence-electron chi connectivity index (χ2n) is 4.69. The molecule has 3 N–H and O–H groups in total. The largest absolute Gasteiger partial charge is 0.506 e. The van der Waals surface area contributed by atoms with Gasteiger partial charge in [0, 0.05) is 18.7 Å². The van der Waals surface area contributed by atoms with Gasteiger partial charge in [-0.1, -0.05) is 12.1 Å². The maximum atomic E-state index is 10.3. The van der Waals surface area contributed by atoms with Crippen LogP contribution in [0.15, 0.2) is 22.7 Å². The predicted octanol–water partition coefficient (Wildman–Crippen LogP) is 2.50. The van der Waals surface area contributed by atoms with E-state index in [1.54, 1.807) is 0 Å². The molecular formula is C13H18BrNO2S. The van der Waals surface area contributed by atoms with E-state index in [0.29, 0.717) is 17.6 Å². The molecule has 0 amide bonds. The van der Waals surface area contributed by atoms with Gasteiger partial charge in [-0.15, -0.1) is 0 Å². The molecule has 1 saturated heterocycles. The van der Waals surface area contributed by atoms with Crippen molar-refractivity contribution in [3.8, 4) is 5.75 Å². The molecule has 1 aromatic rings. The molecule has 0 radical (unpaired) electrons. The summed E-state index contributed by atoms with van der Waals surface area (Å²) in [6.07, 6.45) is 1.68. The van der Waals surface area contributed by atoms with Crippen LogP contribution in [-0.2, 0) is 6.54 Å². The monoisotopic (exact) mass is 331 g/mol. The van der Waals surface area contributed by atoms with Gasteiger partial charge in [0.2, 0.25) is 0 Å². The van der Waals surface area contributed by atoms with Gasteiger partial charge in [0.15, 0.2) is 0 Å². The third-order valence-corrected chi connectivity index (χ3v) is 4.89. The van der Waals surface area contributed by atoms with E-state index in [1.807, 2.05) is 30.0 Å². The average molecular weight is 332 g/mol. The van der Waals surface area contributed by atoms with Crippen molar-refractivity contribution in [2.45, 2.75) is 25.0 Å². The molecule has 100 valence electrons. The normalized spacial score (nSPS) is 18.8. The summed E-state index contributed by atoms with van der Waals surface area (Å²) >= 11 is 5.19. The lowest BCUT2D eigenvalue weighted by Crippen LogP contribution is -2.43. The minimum Gasteiger partial charge on any atom is -0.506 e. The molecule has 0 bridgehead atoms. The van der Waals surface area contributed by atoms with Crippen LogP contribution < -0.4 is 5.32 Å². The Morgan fingerprint density at radius 2 is 2.06 bits per heavy atom. The lowest BCUT2D eigenvalue weighted by atomic mass is 9.97. The SMILES string of the molecule is Oc1c(Br)cccc1CNCC1(O)CCSCC1. The van der Waals surface area contributed by atoms with Gasteiger partial charge < -0.3 is 15.5 Å². The van der Waals surface area contributed by atoms with E-state index in [-0.39, 0.29) is 5.75 Å². The van der Waals surface area contributed by atoms with E-state index in [9.17, 15) is 10.2 Å². The number of aliphatic hydroxyl groups is 1. The Labute approximate surface area is 120 Å². The molecule has 0 spiro atoms. The predicted molar refractivity (Wildman–Crippen MR) is 79.0 cm³/mol. The Bertz CT molecular complexity index is 408. The van der Waals surface area contributed by atoms with E-state index in [1.165, 1.54) is 0 Å². The summed E-state index contributed by atoms with van der Waals surface area (Å²) < 4.78 is 0.703. The van der Waals surface area contributed by atoms with Gasteiger partial charge in [0.25, 0.3) is 0 Å². The molecule has 0 aromatic heterocycles. The van der Waals surface area contributed by atoms with Gasteiger partial charge in [0.05, 0.1) is 10.1 Å². The van der Waals surface area contributed by atoms with Crippen LogP contribution >= 0.6 is 27.7 Å². The van der Waals surface area contributed by atoms with Crippen molar-refractivity contribution in [2.24, 2.45) is 0 Å². The van der Waals surface area contributed by atoms with Crippen LogP contribution in [0.25, 0.3) is 0 Å². The molecule has 0 saturated carbocycles. The molecule has 18 heavy (non-hydrogen) atoms. The number of para-hydroxylation sites is 1. The number of halogens is 1. The van der Waals surface area contributed by atoms with Crippen molar-refractivity contribution in [2.75, 3.05) is 18.1 Å².